The summed E-state index contributed by atoms with van der Waals surface area (Å²) in [4.78, 5) is 85.7. The van der Waals surface area contributed by atoms with Crippen molar-refractivity contribution in [2.75, 3.05) is 385 Å². The van der Waals surface area contributed by atoms with E-state index in [9.17, 15) is 79.3 Å². The molecule has 130 heavy (non-hydrogen) atoms. The number of nitrogens with zero attached hydrogens (tertiary/aromatic N) is 12. The fraction of sp³-hybridized carbons (Fsp3) is 0.923. The van der Waals surface area contributed by atoms with Gasteiger partial charge in [0.15, 0.2) is 0 Å². The van der Waals surface area contributed by atoms with Crippen LogP contribution in [0.25, 0.3) is 0 Å². The summed E-state index contributed by atoms with van der Waals surface area (Å²) in [7, 11) is -0.894. The molecule has 0 saturated carbocycles. The summed E-state index contributed by atoms with van der Waals surface area (Å²) in [5.74, 6) is -6.80. The standard InChI is InChI=1S/C21H41N3O7.C20H41N3O8S.C19H41N3O9S2.C18H41N3O10S3/c1-18(2)15-19(25)24(16-20(26)22(7-11-28-3)8-12-29-4)17-21(27)23(9-13-30-5)10-14-31-6;1-18(2)17-32(26,27)23(15-19(24)21(7-11-28-3)8-12-29-4)16-20(25)22(9-13-30-5)10-14-31-6;1-18(2)15-19(23)20(16-32(24,25)21(7-11-28-3)8-12-29-4)17-33(26,27)22(9-13-30-5)10-14-31-6;1-18(2)15-32(22,23)21(16-33(24,25)19(7-11-28-3)8-12-29-4)17-34(26,27)20(9-13-30-5)10-14-31-6/h18H,7-17H2,1-6H3;18H,7-17H2,1-6H3;18H,7-17H2,1-6H3;18H,7-17H2,1-6H3. The molecule has 776 valence electrons. The molecule has 0 radical (unpaired) electrons. The van der Waals surface area contributed by atoms with Crippen LogP contribution in [-0.4, -0.2) is 527 Å². The first kappa shape index (κ1) is 132. The first-order valence-corrected chi connectivity index (χ1v) is 52.2. The lowest BCUT2D eigenvalue weighted by molar-refractivity contribution is -0.146. The van der Waals surface area contributed by atoms with E-state index in [0.717, 1.165) is 26.4 Å². The highest BCUT2D eigenvalue weighted by atomic mass is 32.2. The lowest BCUT2D eigenvalue weighted by Crippen LogP contribution is -2.50. The molecule has 0 aromatic heterocycles. The number of carbonyl (C=O) groups excluding carboxylic acids is 6. The molecule has 0 N–H and O–H groups in total. The Morgan fingerprint density at radius 2 is 0.354 bits per heavy atom. The molecule has 0 aliphatic heterocycles. The maximum Gasteiger partial charge on any atom is 0.242 e. The number of sulfonamides is 6. The third-order valence-electron chi connectivity index (χ3n) is 18.1. The molecular formula is C78H164N12O34S6. The van der Waals surface area contributed by atoms with Crippen molar-refractivity contribution in [3.05, 3.63) is 0 Å². The maximum atomic E-state index is 13.1. The Hall–Kier alpha value is -4.36. The molecular weight excluding hydrogens is 1840 g/mol. The topological polar surface area (TPSA) is 494 Å². The molecule has 0 aromatic carbocycles. The van der Waals surface area contributed by atoms with Gasteiger partial charge in [-0.15, -0.1) is 0 Å². The van der Waals surface area contributed by atoms with Crippen LogP contribution in [0.3, 0.4) is 0 Å². The lowest BCUT2D eigenvalue weighted by Gasteiger charge is -2.30. The first-order valence-electron chi connectivity index (χ1n) is 42.5. The van der Waals surface area contributed by atoms with Crippen molar-refractivity contribution in [3.8, 4) is 0 Å². The molecule has 0 unspecified atom stereocenters. The Balaban J connectivity index is -0.000000815. The molecule has 6 amide bonds. The predicted octanol–water partition coefficient (Wildman–Crippen LogP) is -1.72. The molecule has 0 rings (SSSR count). The largest absolute Gasteiger partial charge is 0.383 e. The van der Waals surface area contributed by atoms with E-state index in [-0.39, 0.29) is 178 Å². The highest BCUT2D eigenvalue weighted by Gasteiger charge is 2.39. The molecule has 46 nitrogen and oxygen atoms in total. The second kappa shape index (κ2) is 76.7. The summed E-state index contributed by atoms with van der Waals surface area (Å²) in [5.41, 5.74) is 0. The van der Waals surface area contributed by atoms with Crippen LogP contribution in [0, 0.1) is 23.7 Å². The number of methoxy groups -OCH3 is 16. The average Bonchev–Trinajstić information content (AvgIpc) is 0.789. The fourth-order valence-electron chi connectivity index (χ4n) is 11.1. The second-order valence-corrected chi connectivity index (χ2v) is 42.7. The normalized spacial score (nSPS) is 12.3. The highest BCUT2D eigenvalue weighted by Crippen LogP contribution is 2.19. The van der Waals surface area contributed by atoms with E-state index < -0.39 is 120 Å². The number of carbonyl (C=O) groups is 6. The van der Waals surface area contributed by atoms with Crippen molar-refractivity contribution in [1.29, 1.82) is 0 Å². The van der Waals surface area contributed by atoms with Gasteiger partial charge in [0.2, 0.25) is 95.6 Å². The SMILES string of the molecule is COCCN(CCOC)C(=O)CN(CC(=O)N(CCOC)CCOC)C(=O)CC(C)C.COCCN(CCOC)C(=O)CN(CC(=O)N(CCOC)CCOC)S(=O)(=O)CC(C)C.COCCN(CCOC)S(=O)(=O)CN(CS(=O)(=O)N(CCOC)CCOC)C(=O)CC(C)C.COCCN(CCOC)S(=O)(=O)CN(CS(=O)(=O)N(CCOC)CCOC)S(=O)(=O)CC(C)C. The summed E-state index contributed by atoms with van der Waals surface area (Å²) >= 11 is 0. The van der Waals surface area contributed by atoms with Crippen LogP contribution in [-0.2, 0) is 165 Å². The van der Waals surface area contributed by atoms with Crippen LogP contribution < -0.4 is 0 Å². The van der Waals surface area contributed by atoms with Gasteiger partial charge in [0.1, 0.15) is 36.6 Å². The van der Waals surface area contributed by atoms with Gasteiger partial charge in [-0.2, -0.15) is 25.8 Å². The Bertz CT molecular complexity index is 3450. The van der Waals surface area contributed by atoms with Gasteiger partial charge in [0.25, 0.3) is 0 Å². The van der Waals surface area contributed by atoms with E-state index in [1.165, 1.54) is 100 Å². The predicted molar refractivity (Wildman–Crippen MR) is 491 cm³/mol. The van der Waals surface area contributed by atoms with Gasteiger partial charge in [0, 0.05) is 231 Å². The van der Waals surface area contributed by atoms with Gasteiger partial charge in [0.05, 0.1) is 130 Å². The van der Waals surface area contributed by atoms with E-state index in [2.05, 4.69) is 0 Å². The van der Waals surface area contributed by atoms with Crippen molar-refractivity contribution in [2.24, 2.45) is 23.7 Å². The summed E-state index contributed by atoms with van der Waals surface area (Å²) in [6.45, 7) is 19.3. The molecule has 0 bridgehead atoms. The summed E-state index contributed by atoms with van der Waals surface area (Å²) < 4.78 is 243. The number of rotatable bonds is 78. The molecule has 0 fully saturated rings. The van der Waals surface area contributed by atoms with Crippen molar-refractivity contribution >= 4 is 95.6 Å². The zero-order chi connectivity index (χ0) is 100. The zero-order valence-corrected chi connectivity index (χ0v) is 87.0. The van der Waals surface area contributed by atoms with Crippen molar-refractivity contribution < 1.29 is 155 Å². The fourth-order valence-corrected chi connectivity index (χ4v) is 21.8. The van der Waals surface area contributed by atoms with Gasteiger partial charge < -0.3 is 105 Å². The van der Waals surface area contributed by atoms with Crippen LogP contribution in [0.15, 0.2) is 0 Å². The zero-order valence-electron chi connectivity index (χ0n) is 82.1. The summed E-state index contributed by atoms with van der Waals surface area (Å²) in [5, 5.41) is 0. The quantitative estimate of drug-likeness (QED) is 0.0654. The minimum Gasteiger partial charge on any atom is -0.383 e. The van der Waals surface area contributed by atoms with Crippen LogP contribution in [0.2, 0.25) is 0 Å². The average molecular weight is 2010 g/mol. The number of ether oxygens (including phenoxy) is 16. The number of hydrogen-bond donors (Lipinski definition) is 0. The molecule has 0 heterocycles. The smallest absolute Gasteiger partial charge is 0.242 e. The van der Waals surface area contributed by atoms with Crippen molar-refractivity contribution in [3.63, 3.8) is 0 Å². The Morgan fingerprint density at radius 3 is 0.538 bits per heavy atom. The van der Waals surface area contributed by atoms with Gasteiger partial charge >= 0.3 is 0 Å². The van der Waals surface area contributed by atoms with E-state index >= 15 is 0 Å². The van der Waals surface area contributed by atoms with Crippen LogP contribution >= 0.6 is 0 Å². The highest BCUT2D eigenvalue weighted by molar-refractivity contribution is 7.94. The van der Waals surface area contributed by atoms with E-state index in [1.807, 2.05) is 13.8 Å². The Kier molecular flexibility index (Phi) is 77.8. The molecule has 0 aliphatic rings. The van der Waals surface area contributed by atoms with Gasteiger partial charge in [-0.1, -0.05) is 55.4 Å². The van der Waals surface area contributed by atoms with Crippen molar-refractivity contribution in [1.82, 2.24) is 55.2 Å². The van der Waals surface area contributed by atoms with Crippen LogP contribution in [0.4, 0.5) is 0 Å². The minimum absolute atomic E-state index is 0.0112. The molecule has 52 heteroatoms. The van der Waals surface area contributed by atoms with Gasteiger partial charge in [-0.3, -0.25) is 28.8 Å². The maximum absolute atomic E-state index is 13.1. The first-order chi connectivity index (χ1) is 61.1. The van der Waals surface area contributed by atoms with E-state index in [4.69, 9.17) is 75.8 Å². The molecule has 0 aliphatic carbocycles. The monoisotopic (exact) mass is 2000 g/mol. The molecule has 0 aromatic rings. The lowest BCUT2D eigenvalue weighted by atomic mass is 10.1. The molecule has 0 saturated heterocycles. The number of hydrogen-bond acceptors (Lipinski definition) is 34. The Labute approximate surface area is 778 Å². The van der Waals surface area contributed by atoms with Crippen LogP contribution in [0.1, 0.15) is 68.2 Å². The molecule has 0 spiro atoms. The van der Waals surface area contributed by atoms with Gasteiger partial charge in [-0.05, 0) is 23.7 Å². The van der Waals surface area contributed by atoms with Crippen molar-refractivity contribution in [2.45, 2.75) is 68.2 Å². The third kappa shape index (κ3) is 61.7. The van der Waals surface area contributed by atoms with E-state index in [0.29, 0.717) is 110 Å². The second-order valence-electron chi connectivity index (χ2n) is 30.9. The van der Waals surface area contributed by atoms with E-state index in [1.54, 1.807) is 79.8 Å². The third-order valence-corrected chi connectivity index (χ3v) is 29.9. The Morgan fingerprint density at radius 1 is 0.185 bits per heavy atom. The van der Waals surface area contributed by atoms with Crippen LogP contribution in [0.5, 0.6) is 0 Å². The minimum atomic E-state index is -4.24. The summed E-state index contributed by atoms with van der Waals surface area (Å²) in [6, 6.07) is 0. The summed E-state index contributed by atoms with van der Waals surface area (Å²) in [6.07, 6.45) is 0.268. The number of amides is 6. The van der Waals surface area contributed by atoms with Gasteiger partial charge in [-0.25, -0.2) is 50.5 Å². The molecule has 0 atom stereocenters.